The van der Waals surface area contributed by atoms with Crippen LogP contribution in [0.5, 0.6) is 0 Å². The molecule has 0 unspecified atom stereocenters. The molecular formula is C11H10Cl2N2O4S3. The topological polar surface area (TPSA) is 106 Å². The zero-order chi connectivity index (χ0) is 16.5. The second-order valence-corrected chi connectivity index (χ2v) is 9.78. The molecule has 11 heteroatoms. The van der Waals surface area contributed by atoms with Gasteiger partial charge in [-0.1, -0.05) is 35.3 Å². The summed E-state index contributed by atoms with van der Waals surface area (Å²) in [6.45, 7) is -0.0307. The zero-order valence-electron chi connectivity index (χ0n) is 10.8. The van der Waals surface area contributed by atoms with E-state index in [0.717, 1.165) is 11.3 Å². The second kappa shape index (κ2) is 6.44. The molecule has 0 saturated heterocycles. The zero-order valence-corrected chi connectivity index (χ0v) is 14.7. The van der Waals surface area contributed by atoms with Crippen LogP contribution in [-0.2, 0) is 26.6 Å². The molecule has 0 amide bonds. The minimum Gasteiger partial charge on any atom is -0.225 e. The lowest BCUT2D eigenvalue weighted by Gasteiger charge is -2.06. The lowest BCUT2D eigenvalue weighted by Crippen LogP contribution is -2.23. The highest BCUT2D eigenvalue weighted by atomic mass is 35.5. The number of nitrogens with two attached hydrogens (primary N) is 1. The van der Waals surface area contributed by atoms with Crippen LogP contribution in [0.3, 0.4) is 0 Å². The van der Waals surface area contributed by atoms with Gasteiger partial charge in [0.25, 0.3) is 0 Å². The monoisotopic (exact) mass is 400 g/mol. The fraction of sp³-hybridized carbons (Fsp3) is 0.0909. The van der Waals surface area contributed by atoms with Crippen molar-refractivity contribution in [2.24, 2.45) is 5.14 Å². The van der Waals surface area contributed by atoms with Crippen LogP contribution < -0.4 is 9.86 Å². The van der Waals surface area contributed by atoms with E-state index in [1.807, 2.05) is 0 Å². The highest BCUT2D eigenvalue weighted by Crippen LogP contribution is 2.34. The van der Waals surface area contributed by atoms with Gasteiger partial charge < -0.3 is 0 Å². The van der Waals surface area contributed by atoms with Crippen LogP contribution in [0.25, 0.3) is 0 Å². The van der Waals surface area contributed by atoms with Gasteiger partial charge in [-0.05, 0) is 23.8 Å². The molecule has 0 spiro atoms. The smallest absolute Gasteiger partial charge is 0.225 e. The van der Waals surface area contributed by atoms with E-state index >= 15 is 0 Å². The Morgan fingerprint density at radius 2 is 1.68 bits per heavy atom. The van der Waals surface area contributed by atoms with Crippen LogP contribution in [0, 0.1) is 0 Å². The normalized spacial score (nSPS) is 12.5. The van der Waals surface area contributed by atoms with E-state index < -0.39 is 20.0 Å². The Hall–Kier alpha value is -0.680. The summed E-state index contributed by atoms with van der Waals surface area (Å²) < 4.78 is 49.2. The first-order valence-corrected chi connectivity index (χ1v) is 10.3. The van der Waals surface area contributed by atoms with Gasteiger partial charge in [0.2, 0.25) is 20.0 Å². The molecule has 0 bridgehead atoms. The molecule has 0 radical (unpaired) electrons. The molecule has 1 heterocycles. The molecule has 22 heavy (non-hydrogen) atoms. The van der Waals surface area contributed by atoms with Crippen LogP contribution in [0.2, 0.25) is 8.67 Å². The molecule has 3 N–H and O–H groups in total. The minimum atomic E-state index is -3.81. The van der Waals surface area contributed by atoms with E-state index in [4.69, 9.17) is 28.3 Å². The summed E-state index contributed by atoms with van der Waals surface area (Å²) in [6.07, 6.45) is 0. The maximum Gasteiger partial charge on any atom is 0.243 e. The lowest BCUT2D eigenvalue weighted by molar-refractivity contribution is 0.581. The first-order chi connectivity index (χ1) is 10.1. The number of rotatable bonds is 5. The molecule has 120 valence electrons. The number of nitrogens with one attached hydrogen (secondary N) is 1. The van der Waals surface area contributed by atoms with Crippen molar-refractivity contribution in [1.82, 2.24) is 4.72 Å². The molecule has 0 saturated carbocycles. The van der Waals surface area contributed by atoms with Crippen molar-refractivity contribution in [3.63, 3.8) is 0 Å². The summed E-state index contributed by atoms with van der Waals surface area (Å²) in [5.41, 5.74) is 0.563. The van der Waals surface area contributed by atoms with Crippen molar-refractivity contribution >= 4 is 54.6 Å². The van der Waals surface area contributed by atoms with E-state index in [9.17, 15) is 16.8 Å². The van der Waals surface area contributed by atoms with E-state index in [1.165, 1.54) is 30.3 Å². The Kier molecular flexibility index (Phi) is 5.17. The number of hydrogen-bond donors (Lipinski definition) is 2. The van der Waals surface area contributed by atoms with Crippen LogP contribution >= 0.6 is 34.5 Å². The van der Waals surface area contributed by atoms with Crippen molar-refractivity contribution in [2.45, 2.75) is 16.3 Å². The van der Waals surface area contributed by atoms with Gasteiger partial charge in [0.1, 0.15) is 9.23 Å². The summed E-state index contributed by atoms with van der Waals surface area (Å²) in [6, 6.07) is 6.79. The second-order valence-electron chi connectivity index (χ2n) is 4.20. The summed E-state index contributed by atoms with van der Waals surface area (Å²) in [5, 5.41) is 4.98. The molecule has 1 aromatic carbocycles. The van der Waals surface area contributed by atoms with Gasteiger partial charge in [-0.3, -0.25) is 0 Å². The molecule has 1 aromatic heterocycles. The van der Waals surface area contributed by atoms with Crippen molar-refractivity contribution < 1.29 is 16.8 Å². The molecule has 0 fully saturated rings. The number of benzene rings is 1. The lowest BCUT2D eigenvalue weighted by atomic mass is 10.2. The Labute approximate surface area is 142 Å². The van der Waals surface area contributed by atoms with Gasteiger partial charge in [-0.2, -0.15) is 0 Å². The molecule has 0 atom stereocenters. The van der Waals surface area contributed by atoms with Crippen LogP contribution in [0.15, 0.2) is 40.1 Å². The van der Waals surface area contributed by atoms with Gasteiger partial charge in [0.05, 0.1) is 9.23 Å². The summed E-state index contributed by atoms with van der Waals surface area (Å²) in [5.74, 6) is 0. The highest BCUT2D eigenvalue weighted by Gasteiger charge is 2.20. The average molecular weight is 401 g/mol. The predicted molar refractivity (Wildman–Crippen MR) is 86.2 cm³/mol. The van der Waals surface area contributed by atoms with Gasteiger partial charge in [-0.15, -0.1) is 11.3 Å². The molecule has 0 aliphatic rings. The van der Waals surface area contributed by atoms with Crippen molar-refractivity contribution in [3.8, 4) is 0 Å². The van der Waals surface area contributed by atoms with Gasteiger partial charge in [0, 0.05) is 6.54 Å². The molecule has 2 rings (SSSR count). The van der Waals surface area contributed by atoms with Crippen LogP contribution in [0.4, 0.5) is 0 Å². The summed E-state index contributed by atoms with van der Waals surface area (Å²) >= 11 is 12.5. The molecule has 0 aliphatic carbocycles. The van der Waals surface area contributed by atoms with Crippen LogP contribution in [0.1, 0.15) is 5.56 Å². The van der Waals surface area contributed by atoms with E-state index in [1.54, 1.807) is 0 Å². The van der Waals surface area contributed by atoms with Crippen LogP contribution in [-0.4, -0.2) is 16.8 Å². The maximum absolute atomic E-state index is 12.1. The molecule has 0 aliphatic heterocycles. The number of halogens is 2. The Balaban J connectivity index is 2.14. The fourth-order valence-corrected chi connectivity index (χ4v) is 5.24. The SMILES string of the molecule is NS(=O)(=O)c1ccc(CNS(=O)(=O)c2cc(Cl)sc2Cl)cc1. The first kappa shape index (κ1) is 17.7. The van der Waals surface area contributed by atoms with Crippen molar-refractivity contribution in [2.75, 3.05) is 0 Å². The molecule has 6 nitrogen and oxygen atoms in total. The van der Waals surface area contributed by atoms with Crippen molar-refractivity contribution in [1.29, 1.82) is 0 Å². The third-order valence-electron chi connectivity index (χ3n) is 2.63. The van der Waals surface area contributed by atoms with Crippen molar-refractivity contribution in [3.05, 3.63) is 44.6 Å². The Morgan fingerprint density at radius 3 is 2.14 bits per heavy atom. The number of sulfonamides is 2. The maximum atomic E-state index is 12.1. The fourth-order valence-electron chi connectivity index (χ4n) is 1.56. The van der Waals surface area contributed by atoms with E-state index in [0.29, 0.717) is 5.56 Å². The molecule has 2 aromatic rings. The number of hydrogen-bond acceptors (Lipinski definition) is 5. The summed E-state index contributed by atoms with van der Waals surface area (Å²) in [4.78, 5) is -0.142. The van der Waals surface area contributed by atoms with Gasteiger partial charge in [-0.25, -0.2) is 26.7 Å². The number of primary sulfonamides is 1. The van der Waals surface area contributed by atoms with Gasteiger partial charge >= 0.3 is 0 Å². The standard InChI is InChI=1S/C11H10Cl2N2O4S3/c12-10-5-9(11(13)20-10)22(18,19)15-6-7-1-3-8(4-2-7)21(14,16)17/h1-5,15H,6H2,(H2,14,16,17). The predicted octanol–water partition coefficient (Wildman–Crippen LogP) is 2.18. The highest BCUT2D eigenvalue weighted by molar-refractivity contribution is 7.90. The Morgan fingerprint density at radius 1 is 1.09 bits per heavy atom. The molecular weight excluding hydrogens is 391 g/mol. The summed E-state index contributed by atoms with van der Waals surface area (Å²) in [7, 11) is -7.58. The van der Waals surface area contributed by atoms with E-state index in [-0.39, 0.29) is 25.0 Å². The number of thiophene rings is 1. The minimum absolute atomic E-state index is 0.0307. The quantitative estimate of drug-likeness (QED) is 0.801. The largest absolute Gasteiger partial charge is 0.243 e. The Bertz CT molecular complexity index is 890. The third-order valence-corrected chi connectivity index (χ3v) is 6.72. The third kappa shape index (κ3) is 4.19. The first-order valence-electron chi connectivity index (χ1n) is 5.66. The van der Waals surface area contributed by atoms with Gasteiger partial charge in [0.15, 0.2) is 0 Å². The average Bonchev–Trinajstić information content (AvgIpc) is 2.76. The van der Waals surface area contributed by atoms with E-state index in [2.05, 4.69) is 4.72 Å².